The Bertz CT molecular complexity index is 768. The van der Waals surface area contributed by atoms with Crippen molar-refractivity contribution in [1.82, 2.24) is 9.97 Å². The van der Waals surface area contributed by atoms with E-state index in [0.29, 0.717) is 23.1 Å². The van der Waals surface area contributed by atoms with E-state index in [9.17, 15) is 9.90 Å². The minimum Gasteiger partial charge on any atom is -0.493 e. The van der Waals surface area contributed by atoms with Gasteiger partial charge in [0.05, 0.1) is 12.2 Å². The zero-order chi connectivity index (χ0) is 18.4. The molecule has 1 aliphatic carbocycles. The maximum absolute atomic E-state index is 12.4. The minimum absolute atomic E-state index is 0.112. The summed E-state index contributed by atoms with van der Waals surface area (Å²) in [7, 11) is 0. The van der Waals surface area contributed by atoms with Crippen molar-refractivity contribution in [3.63, 3.8) is 0 Å². The Kier molecular flexibility index (Phi) is 6.61. The normalized spacial score (nSPS) is 15.1. The molecule has 1 aromatic carbocycles. The Morgan fingerprint density at radius 1 is 1.23 bits per heavy atom. The number of nitrogens with one attached hydrogen (secondary N) is 1. The van der Waals surface area contributed by atoms with E-state index in [1.807, 2.05) is 12.1 Å². The summed E-state index contributed by atoms with van der Waals surface area (Å²) in [6.07, 6.45) is 6.34. The van der Waals surface area contributed by atoms with Crippen LogP contribution in [0, 0.1) is 0 Å². The molecule has 1 heterocycles. The minimum atomic E-state index is -0.206. The first-order valence-corrected chi connectivity index (χ1v) is 10.3. The number of ether oxygens (including phenoxy) is 1. The van der Waals surface area contributed by atoms with Gasteiger partial charge in [-0.3, -0.25) is 4.79 Å². The molecule has 0 saturated heterocycles. The highest BCUT2D eigenvalue weighted by atomic mass is 32.2. The van der Waals surface area contributed by atoms with E-state index in [-0.39, 0.29) is 17.4 Å². The zero-order valence-corrected chi connectivity index (χ0v) is 16.0. The molecule has 1 aromatic heterocycles. The molecule has 1 fully saturated rings. The van der Waals surface area contributed by atoms with Crippen LogP contribution in [0.4, 0.5) is 0 Å². The van der Waals surface area contributed by atoms with Gasteiger partial charge in [0.1, 0.15) is 5.75 Å². The zero-order valence-electron chi connectivity index (χ0n) is 15.2. The van der Waals surface area contributed by atoms with E-state index >= 15 is 0 Å². The highest BCUT2D eigenvalue weighted by molar-refractivity contribution is 7.99. The van der Waals surface area contributed by atoms with Crippen molar-refractivity contribution in [3.8, 4) is 11.6 Å². The lowest BCUT2D eigenvalue weighted by Crippen LogP contribution is -2.20. The molecule has 3 rings (SSSR count). The van der Waals surface area contributed by atoms with Gasteiger partial charge in [0.2, 0.25) is 5.88 Å². The molecule has 0 unspecified atom stereocenters. The Hall–Kier alpha value is -1.95. The molecule has 0 spiro atoms. The van der Waals surface area contributed by atoms with Crippen molar-refractivity contribution in [2.24, 2.45) is 0 Å². The lowest BCUT2D eigenvalue weighted by atomic mass is 9.85. The van der Waals surface area contributed by atoms with Gasteiger partial charge in [-0.1, -0.05) is 50.1 Å². The van der Waals surface area contributed by atoms with Crippen molar-refractivity contribution < 1.29 is 9.84 Å². The van der Waals surface area contributed by atoms with E-state index in [0.717, 1.165) is 37.9 Å². The second kappa shape index (κ2) is 9.12. The fourth-order valence-corrected chi connectivity index (χ4v) is 4.07. The van der Waals surface area contributed by atoms with Crippen LogP contribution in [0.5, 0.6) is 11.6 Å². The van der Waals surface area contributed by atoms with Gasteiger partial charge in [-0.2, -0.15) is 4.98 Å². The summed E-state index contributed by atoms with van der Waals surface area (Å²) in [6, 6.07) is 8.05. The number of thioether (sulfide) groups is 1. The average Bonchev–Trinajstić information content (AvgIpc) is 2.66. The molecule has 2 aromatic rings. The van der Waals surface area contributed by atoms with Crippen LogP contribution in [-0.4, -0.2) is 27.4 Å². The number of aromatic nitrogens is 2. The van der Waals surface area contributed by atoms with Gasteiger partial charge >= 0.3 is 0 Å². The molecular weight excluding hydrogens is 348 g/mol. The molecule has 0 amide bonds. The van der Waals surface area contributed by atoms with E-state index in [4.69, 9.17) is 4.74 Å². The molecule has 140 valence electrons. The van der Waals surface area contributed by atoms with E-state index in [1.165, 1.54) is 23.7 Å². The largest absolute Gasteiger partial charge is 0.493 e. The molecular formula is C20H26N2O3S. The van der Waals surface area contributed by atoms with Gasteiger partial charge in [0, 0.05) is 5.75 Å². The third-order valence-corrected chi connectivity index (χ3v) is 5.69. The van der Waals surface area contributed by atoms with Crippen molar-refractivity contribution in [1.29, 1.82) is 0 Å². The van der Waals surface area contributed by atoms with Crippen molar-refractivity contribution in [3.05, 3.63) is 45.7 Å². The van der Waals surface area contributed by atoms with Gasteiger partial charge in [-0.15, -0.1) is 0 Å². The molecule has 2 N–H and O–H groups in total. The molecule has 0 atom stereocenters. The fourth-order valence-electron chi connectivity index (χ4n) is 3.40. The summed E-state index contributed by atoms with van der Waals surface area (Å²) in [5, 5.41) is 10.7. The first kappa shape index (κ1) is 18.8. The quantitative estimate of drug-likeness (QED) is 0.430. The molecule has 1 aliphatic rings. The summed E-state index contributed by atoms with van der Waals surface area (Å²) in [5.74, 6) is 1.49. The van der Waals surface area contributed by atoms with Crippen LogP contribution in [0.25, 0.3) is 0 Å². The molecule has 0 aliphatic heterocycles. The van der Waals surface area contributed by atoms with Crippen LogP contribution < -0.4 is 10.3 Å². The highest BCUT2D eigenvalue weighted by Crippen LogP contribution is 2.34. The predicted molar refractivity (Wildman–Crippen MR) is 104 cm³/mol. The standard InChI is InChI=1S/C20H26N2O3S/c1-2-14-8-10-16(11-9-14)25-12-13-26-20-21-18(23)17(19(24)22-20)15-6-4-3-5-7-15/h8-11,15H,2-7,12-13H2,1H3,(H2,21,22,23,24). The van der Waals surface area contributed by atoms with Gasteiger partial charge in [0.15, 0.2) is 5.16 Å². The summed E-state index contributed by atoms with van der Waals surface area (Å²) in [4.78, 5) is 19.4. The maximum Gasteiger partial charge on any atom is 0.258 e. The Labute approximate surface area is 158 Å². The van der Waals surface area contributed by atoms with E-state index < -0.39 is 0 Å². The smallest absolute Gasteiger partial charge is 0.258 e. The monoisotopic (exact) mass is 374 g/mol. The van der Waals surface area contributed by atoms with Crippen molar-refractivity contribution >= 4 is 11.8 Å². The van der Waals surface area contributed by atoms with Crippen LogP contribution >= 0.6 is 11.8 Å². The van der Waals surface area contributed by atoms with Gasteiger partial charge in [0.25, 0.3) is 5.56 Å². The Balaban J connectivity index is 1.54. The Morgan fingerprint density at radius 2 is 1.96 bits per heavy atom. The van der Waals surface area contributed by atoms with Crippen LogP contribution in [0.3, 0.4) is 0 Å². The SMILES string of the molecule is CCc1ccc(OCCSc2nc(O)c(C3CCCCC3)c(=O)[nH]2)cc1. The van der Waals surface area contributed by atoms with Gasteiger partial charge in [-0.05, 0) is 42.9 Å². The topological polar surface area (TPSA) is 75.2 Å². The van der Waals surface area contributed by atoms with Crippen LogP contribution in [-0.2, 0) is 6.42 Å². The third-order valence-electron chi connectivity index (χ3n) is 4.85. The Morgan fingerprint density at radius 3 is 2.62 bits per heavy atom. The number of benzene rings is 1. The number of nitrogens with zero attached hydrogens (tertiary/aromatic N) is 1. The number of hydrogen-bond acceptors (Lipinski definition) is 5. The number of hydrogen-bond donors (Lipinski definition) is 2. The molecule has 1 saturated carbocycles. The second-order valence-electron chi connectivity index (χ2n) is 6.64. The average molecular weight is 375 g/mol. The lowest BCUT2D eigenvalue weighted by molar-refractivity contribution is 0.343. The number of aromatic hydroxyl groups is 1. The summed E-state index contributed by atoms with van der Waals surface area (Å²) >= 11 is 1.38. The van der Waals surface area contributed by atoms with Gasteiger partial charge in [-0.25, -0.2) is 0 Å². The first-order valence-electron chi connectivity index (χ1n) is 9.35. The van der Waals surface area contributed by atoms with E-state index in [2.05, 4.69) is 29.0 Å². The van der Waals surface area contributed by atoms with Crippen LogP contribution in [0.15, 0.2) is 34.2 Å². The van der Waals surface area contributed by atoms with Crippen LogP contribution in [0.1, 0.15) is 56.1 Å². The number of aryl methyl sites for hydroxylation is 1. The van der Waals surface area contributed by atoms with E-state index in [1.54, 1.807) is 0 Å². The fraction of sp³-hybridized carbons (Fsp3) is 0.500. The van der Waals surface area contributed by atoms with Crippen molar-refractivity contribution in [2.75, 3.05) is 12.4 Å². The number of aromatic amines is 1. The summed E-state index contributed by atoms with van der Waals surface area (Å²) in [6.45, 7) is 2.63. The summed E-state index contributed by atoms with van der Waals surface area (Å²) in [5.41, 5.74) is 1.53. The maximum atomic E-state index is 12.4. The van der Waals surface area contributed by atoms with Gasteiger partial charge < -0.3 is 14.8 Å². The second-order valence-corrected chi connectivity index (χ2v) is 7.72. The third kappa shape index (κ3) is 4.81. The molecule has 26 heavy (non-hydrogen) atoms. The summed E-state index contributed by atoms with van der Waals surface area (Å²) < 4.78 is 5.70. The van der Waals surface area contributed by atoms with Crippen LogP contribution in [0.2, 0.25) is 0 Å². The first-order chi connectivity index (χ1) is 12.7. The lowest BCUT2D eigenvalue weighted by Gasteiger charge is -2.21. The molecule has 0 bridgehead atoms. The van der Waals surface area contributed by atoms with Crippen molar-refractivity contribution in [2.45, 2.75) is 56.5 Å². The molecule has 5 nitrogen and oxygen atoms in total. The number of rotatable bonds is 7. The molecule has 0 radical (unpaired) electrons. The molecule has 6 heteroatoms. The predicted octanol–water partition coefficient (Wildman–Crippen LogP) is 4.26. The highest BCUT2D eigenvalue weighted by Gasteiger charge is 2.23. The number of H-pyrrole nitrogens is 1.